The van der Waals surface area contributed by atoms with E-state index in [9.17, 15) is 0 Å². The van der Waals surface area contributed by atoms with E-state index in [1.807, 2.05) is 0 Å². The number of aryl methyl sites for hydroxylation is 1. The van der Waals surface area contributed by atoms with Crippen LogP contribution in [0.25, 0.3) is 20.4 Å². The van der Waals surface area contributed by atoms with Crippen LogP contribution in [0.1, 0.15) is 43.5 Å². The first kappa shape index (κ1) is 20.1. The van der Waals surface area contributed by atoms with Gasteiger partial charge in [-0.1, -0.05) is 13.8 Å². The number of anilines is 1. The third-order valence-electron chi connectivity index (χ3n) is 6.38. The van der Waals surface area contributed by atoms with Gasteiger partial charge in [-0.05, 0) is 49.1 Å². The second-order valence-electron chi connectivity index (χ2n) is 9.04. The minimum atomic E-state index is 0.620. The smallest absolute Gasteiger partial charge is 0.147 e. The zero-order valence-corrected chi connectivity index (χ0v) is 18.9. The van der Waals surface area contributed by atoms with Crippen molar-refractivity contribution >= 4 is 37.6 Å². The number of fused-ring (bicyclic) bond motifs is 5. The minimum Gasteiger partial charge on any atom is -0.370 e. The van der Waals surface area contributed by atoms with Crippen LogP contribution in [0.4, 0.5) is 5.82 Å². The van der Waals surface area contributed by atoms with Crippen LogP contribution in [0.15, 0.2) is 6.33 Å². The Morgan fingerprint density at radius 1 is 1.13 bits per heavy atom. The Kier molecular flexibility index (Phi) is 5.85. The first-order valence-corrected chi connectivity index (χ1v) is 12.3. The molecule has 160 valence electrons. The highest BCUT2D eigenvalue weighted by Gasteiger charge is 2.23. The van der Waals surface area contributed by atoms with Crippen molar-refractivity contribution in [2.75, 3.05) is 44.7 Å². The van der Waals surface area contributed by atoms with Crippen LogP contribution >= 0.6 is 11.3 Å². The molecule has 0 amide bonds. The van der Waals surface area contributed by atoms with Gasteiger partial charge in [-0.2, -0.15) is 0 Å². The lowest BCUT2D eigenvalue weighted by molar-refractivity contribution is -0.906. The van der Waals surface area contributed by atoms with Gasteiger partial charge in [0, 0.05) is 11.1 Å². The van der Waals surface area contributed by atoms with Gasteiger partial charge in [0.15, 0.2) is 0 Å². The number of ether oxygens (including phenoxy) is 1. The molecule has 2 N–H and O–H groups in total. The van der Waals surface area contributed by atoms with Gasteiger partial charge in [-0.25, -0.2) is 15.0 Å². The largest absolute Gasteiger partial charge is 0.370 e. The monoisotopic (exact) mass is 426 g/mol. The number of thiophene rings is 1. The SMILES string of the molecule is CC(C)Cc1nc2sc3c(NCC[NH+]4CCOCC4)ncnc3c2c2c1CCCC2. The fourth-order valence-corrected chi connectivity index (χ4v) is 6.03. The number of nitrogens with one attached hydrogen (secondary N) is 2. The molecule has 2 aliphatic rings. The lowest BCUT2D eigenvalue weighted by atomic mass is 9.87. The summed E-state index contributed by atoms with van der Waals surface area (Å²) in [6.07, 6.45) is 7.64. The zero-order chi connectivity index (χ0) is 20.5. The summed E-state index contributed by atoms with van der Waals surface area (Å²) in [7, 11) is 0. The van der Waals surface area contributed by atoms with Crippen LogP contribution in [0, 0.1) is 5.92 Å². The van der Waals surface area contributed by atoms with Gasteiger partial charge in [-0.15, -0.1) is 11.3 Å². The van der Waals surface area contributed by atoms with E-state index in [-0.39, 0.29) is 0 Å². The first-order valence-electron chi connectivity index (χ1n) is 11.4. The molecule has 1 fully saturated rings. The number of rotatable bonds is 6. The van der Waals surface area contributed by atoms with Crippen LogP contribution in [0.5, 0.6) is 0 Å². The van der Waals surface area contributed by atoms with E-state index in [0.29, 0.717) is 5.92 Å². The second-order valence-corrected chi connectivity index (χ2v) is 10.0. The Labute approximate surface area is 182 Å². The molecule has 5 rings (SSSR count). The number of morpholine rings is 1. The Balaban J connectivity index is 1.50. The van der Waals surface area contributed by atoms with Crippen molar-refractivity contribution in [1.29, 1.82) is 0 Å². The van der Waals surface area contributed by atoms with E-state index < -0.39 is 0 Å². The number of quaternary nitrogens is 1. The number of pyridine rings is 1. The Morgan fingerprint density at radius 3 is 2.73 bits per heavy atom. The summed E-state index contributed by atoms with van der Waals surface area (Å²) in [6.45, 7) is 10.5. The van der Waals surface area contributed by atoms with Crippen molar-refractivity contribution in [2.45, 2.75) is 46.0 Å². The van der Waals surface area contributed by atoms with Gasteiger partial charge in [0.1, 0.15) is 30.1 Å². The molecule has 1 saturated heterocycles. The van der Waals surface area contributed by atoms with Crippen LogP contribution < -0.4 is 10.2 Å². The third-order valence-corrected chi connectivity index (χ3v) is 7.46. The van der Waals surface area contributed by atoms with E-state index in [2.05, 4.69) is 24.1 Å². The molecule has 3 aromatic rings. The molecule has 0 atom stereocenters. The minimum absolute atomic E-state index is 0.620. The van der Waals surface area contributed by atoms with Crippen molar-refractivity contribution in [3.8, 4) is 0 Å². The summed E-state index contributed by atoms with van der Waals surface area (Å²) in [6, 6.07) is 0. The lowest BCUT2D eigenvalue weighted by Gasteiger charge is -2.23. The van der Waals surface area contributed by atoms with E-state index >= 15 is 0 Å². The molecular formula is C23H32N5OS+. The number of hydrogen-bond acceptors (Lipinski definition) is 6. The predicted octanol–water partition coefficient (Wildman–Crippen LogP) is 2.64. The number of hydrogen-bond donors (Lipinski definition) is 2. The lowest BCUT2D eigenvalue weighted by Crippen LogP contribution is -3.14. The van der Waals surface area contributed by atoms with Crippen LogP contribution in [0.3, 0.4) is 0 Å². The average Bonchev–Trinajstić information content (AvgIpc) is 3.14. The van der Waals surface area contributed by atoms with Crippen LogP contribution in [-0.2, 0) is 24.0 Å². The van der Waals surface area contributed by atoms with Gasteiger partial charge in [-0.3, -0.25) is 0 Å². The molecule has 3 aromatic heterocycles. The van der Waals surface area contributed by atoms with Gasteiger partial charge in [0.25, 0.3) is 0 Å². The predicted molar refractivity (Wildman–Crippen MR) is 123 cm³/mol. The molecule has 4 heterocycles. The first-order chi connectivity index (χ1) is 14.7. The molecular weight excluding hydrogens is 394 g/mol. The second kappa shape index (κ2) is 8.73. The number of aromatic nitrogens is 3. The summed E-state index contributed by atoms with van der Waals surface area (Å²) >= 11 is 1.76. The fraction of sp³-hybridized carbons (Fsp3) is 0.609. The molecule has 0 unspecified atom stereocenters. The summed E-state index contributed by atoms with van der Waals surface area (Å²) in [4.78, 5) is 17.2. The van der Waals surface area contributed by atoms with Gasteiger partial charge in [0.05, 0.1) is 36.5 Å². The highest BCUT2D eigenvalue weighted by Crippen LogP contribution is 2.40. The molecule has 30 heavy (non-hydrogen) atoms. The van der Waals surface area contributed by atoms with Gasteiger partial charge >= 0.3 is 0 Å². The van der Waals surface area contributed by atoms with Gasteiger partial charge in [0.2, 0.25) is 0 Å². The van der Waals surface area contributed by atoms with Crippen molar-refractivity contribution in [3.63, 3.8) is 0 Å². The van der Waals surface area contributed by atoms with Crippen LogP contribution in [0.2, 0.25) is 0 Å². The molecule has 1 aliphatic carbocycles. The average molecular weight is 427 g/mol. The summed E-state index contributed by atoms with van der Waals surface area (Å²) in [5.74, 6) is 1.58. The Bertz CT molecular complexity index is 1040. The highest BCUT2D eigenvalue weighted by atomic mass is 32.1. The van der Waals surface area contributed by atoms with Crippen molar-refractivity contribution < 1.29 is 9.64 Å². The van der Waals surface area contributed by atoms with E-state index in [1.54, 1.807) is 22.6 Å². The molecule has 7 heteroatoms. The molecule has 0 bridgehead atoms. The van der Waals surface area contributed by atoms with E-state index in [4.69, 9.17) is 14.7 Å². The molecule has 0 aromatic carbocycles. The van der Waals surface area contributed by atoms with Gasteiger partial charge < -0.3 is 15.0 Å². The maximum atomic E-state index is 5.47. The molecule has 0 saturated carbocycles. The molecule has 6 nitrogen and oxygen atoms in total. The normalized spacial score (nSPS) is 17.7. The van der Waals surface area contributed by atoms with E-state index in [1.165, 1.54) is 35.0 Å². The van der Waals surface area contributed by atoms with E-state index in [0.717, 1.165) is 79.5 Å². The topological polar surface area (TPSA) is 64.4 Å². The molecule has 0 spiro atoms. The Hall–Kier alpha value is -1.83. The summed E-state index contributed by atoms with van der Waals surface area (Å²) in [5.41, 5.74) is 5.42. The third kappa shape index (κ3) is 3.90. The summed E-state index contributed by atoms with van der Waals surface area (Å²) in [5, 5.41) is 4.89. The van der Waals surface area contributed by atoms with Crippen molar-refractivity contribution in [3.05, 3.63) is 23.1 Å². The Morgan fingerprint density at radius 2 is 1.93 bits per heavy atom. The standard InChI is InChI=1S/C23H31N5OS/c1-15(2)13-18-16-5-3-4-6-17(16)19-20-21(30-23(19)27-18)22(26-14-25-20)24-7-8-28-9-11-29-12-10-28/h14-15H,3-13H2,1-2H3,(H,24,25,26)/p+1. The van der Waals surface area contributed by atoms with Crippen LogP contribution in [-0.4, -0.2) is 54.3 Å². The molecule has 1 aliphatic heterocycles. The van der Waals surface area contributed by atoms with Crippen molar-refractivity contribution in [2.24, 2.45) is 5.92 Å². The quantitative estimate of drug-likeness (QED) is 0.634. The van der Waals surface area contributed by atoms with Crippen molar-refractivity contribution in [1.82, 2.24) is 15.0 Å². The molecule has 0 radical (unpaired) electrons. The number of nitrogens with zero attached hydrogens (tertiary/aromatic N) is 3. The maximum absolute atomic E-state index is 5.47. The summed E-state index contributed by atoms with van der Waals surface area (Å²) < 4.78 is 6.63. The fourth-order valence-electron chi connectivity index (χ4n) is 4.89. The highest BCUT2D eigenvalue weighted by molar-refractivity contribution is 7.26. The zero-order valence-electron chi connectivity index (χ0n) is 18.1. The maximum Gasteiger partial charge on any atom is 0.147 e.